The molecule has 0 saturated carbocycles. The van der Waals surface area contributed by atoms with Gasteiger partial charge in [-0.3, -0.25) is 0 Å². The van der Waals surface area contributed by atoms with Crippen LogP contribution in [-0.4, -0.2) is 0 Å². The molecule has 0 bridgehead atoms. The fourth-order valence-electron chi connectivity index (χ4n) is 9.68. The van der Waals surface area contributed by atoms with Crippen LogP contribution >= 0.6 is 0 Å². The van der Waals surface area contributed by atoms with Crippen LogP contribution in [0.5, 0.6) is 0 Å². The third-order valence-corrected chi connectivity index (χ3v) is 12.2. The molecule has 1 heteroatoms. The third-order valence-electron chi connectivity index (χ3n) is 12.2. The van der Waals surface area contributed by atoms with Crippen LogP contribution in [0.1, 0.15) is 0 Å². The van der Waals surface area contributed by atoms with Crippen molar-refractivity contribution in [1.29, 1.82) is 0 Å². The van der Waals surface area contributed by atoms with Crippen LogP contribution in [0.25, 0.3) is 121 Å². The fraction of sp³-hybridized carbons (Fsp3) is 0. The predicted octanol–water partition coefficient (Wildman–Crippen LogP) is 16.5. The van der Waals surface area contributed by atoms with E-state index in [-0.39, 0.29) is 0 Å². The van der Waals surface area contributed by atoms with E-state index in [1.165, 1.54) is 93.2 Å². The molecule has 0 atom stereocenters. The molecule has 1 nitrogen and oxygen atoms in total. The average Bonchev–Trinajstić information content (AvgIpc) is 3.67. The van der Waals surface area contributed by atoms with Gasteiger partial charge in [-0.25, -0.2) is 0 Å². The summed E-state index contributed by atoms with van der Waals surface area (Å²) >= 11 is 0. The Kier molecular flexibility index (Phi) is 7.61. The Morgan fingerprint density at radius 2 is 0.559 bits per heavy atom. The lowest BCUT2D eigenvalue weighted by molar-refractivity contribution is 0.669. The van der Waals surface area contributed by atoms with Crippen LogP contribution in [0.15, 0.2) is 223 Å². The van der Waals surface area contributed by atoms with Crippen LogP contribution in [0, 0.1) is 0 Å². The van der Waals surface area contributed by atoms with Gasteiger partial charge in [0.15, 0.2) is 0 Å². The summed E-state index contributed by atoms with van der Waals surface area (Å²) in [5.41, 5.74) is 14.0. The molecule has 59 heavy (non-hydrogen) atoms. The largest absolute Gasteiger partial charge is 0.456 e. The second-order valence-electron chi connectivity index (χ2n) is 15.5. The normalized spacial score (nSPS) is 11.7. The lowest BCUT2D eigenvalue weighted by atomic mass is 9.85. The van der Waals surface area contributed by atoms with Crippen LogP contribution in [0.4, 0.5) is 0 Å². The zero-order chi connectivity index (χ0) is 38.9. The Labute approximate surface area is 342 Å². The van der Waals surface area contributed by atoms with Crippen LogP contribution in [0.2, 0.25) is 0 Å². The minimum atomic E-state index is 0.887. The topological polar surface area (TPSA) is 13.1 Å². The third kappa shape index (κ3) is 5.33. The number of rotatable bonds is 5. The first-order valence-corrected chi connectivity index (χ1v) is 20.3. The van der Waals surface area contributed by atoms with E-state index in [0.29, 0.717) is 0 Å². The number of fused-ring (bicyclic) bond motifs is 7. The molecule has 12 aromatic rings. The summed E-state index contributed by atoms with van der Waals surface area (Å²) in [7, 11) is 0. The summed E-state index contributed by atoms with van der Waals surface area (Å²) in [5, 5.41) is 12.1. The maximum absolute atomic E-state index is 6.72. The molecule has 0 amide bonds. The van der Waals surface area contributed by atoms with Gasteiger partial charge >= 0.3 is 0 Å². The number of furan rings is 1. The van der Waals surface area contributed by atoms with Gasteiger partial charge in [0.2, 0.25) is 0 Å². The molecule has 0 spiro atoms. The lowest BCUT2D eigenvalue weighted by Crippen LogP contribution is -1.91. The van der Waals surface area contributed by atoms with Crippen molar-refractivity contribution in [2.24, 2.45) is 0 Å². The summed E-state index contributed by atoms with van der Waals surface area (Å²) in [6.07, 6.45) is 0. The molecular formula is C58H36O. The monoisotopic (exact) mass is 748 g/mol. The Balaban J connectivity index is 1.04. The number of hydrogen-bond donors (Lipinski definition) is 0. The van der Waals surface area contributed by atoms with Gasteiger partial charge in [0.1, 0.15) is 11.2 Å². The van der Waals surface area contributed by atoms with Gasteiger partial charge in [0.05, 0.1) is 0 Å². The first kappa shape index (κ1) is 33.4. The molecule has 12 rings (SSSR count). The molecule has 11 aromatic carbocycles. The Morgan fingerprint density at radius 1 is 0.186 bits per heavy atom. The summed E-state index contributed by atoms with van der Waals surface area (Å²) in [4.78, 5) is 0. The Morgan fingerprint density at radius 3 is 1.07 bits per heavy atom. The zero-order valence-corrected chi connectivity index (χ0v) is 32.2. The van der Waals surface area contributed by atoms with E-state index in [4.69, 9.17) is 4.42 Å². The maximum atomic E-state index is 6.72. The SMILES string of the molecule is c1ccc(-c2cccc(-c3c4ccccc4c(-c4ccc5oc6cc(-c7c8ccccc8c(-c8ccccc8)c8ccccc78)ccc6c5c4)c4ccccc34)c2)cc1. The molecule has 0 aliphatic carbocycles. The average molecular weight is 749 g/mol. The minimum Gasteiger partial charge on any atom is -0.456 e. The highest BCUT2D eigenvalue weighted by atomic mass is 16.3. The van der Waals surface area contributed by atoms with Crippen molar-refractivity contribution in [1.82, 2.24) is 0 Å². The van der Waals surface area contributed by atoms with Gasteiger partial charge < -0.3 is 4.42 Å². The molecular weight excluding hydrogens is 713 g/mol. The minimum absolute atomic E-state index is 0.887. The van der Waals surface area contributed by atoms with Gasteiger partial charge in [-0.1, -0.05) is 188 Å². The molecule has 0 N–H and O–H groups in total. The van der Waals surface area contributed by atoms with Crippen LogP contribution in [0.3, 0.4) is 0 Å². The second-order valence-corrected chi connectivity index (χ2v) is 15.5. The van der Waals surface area contributed by atoms with Crippen LogP contribution in [-0.2, 0) is 0 Å². The predicted molar refractivity (Wildman–Crippen MR) is 251 cm³/mol. The van der Waals surface area contributed by atoms with Crippen molar-refractivity contribution in [2.45, 2.75) is 0 Å². The second kappa shape index (κ2) is 13.4. The molecule has 0 unspecified atom stereocenters. The zero-order valence-electron chi connectivity index (χ0n) is 32.2. The first-order valence-electron chi connectivity index (χ1n) is 20.3. The molecule has 0 aliphatic heterocycles. The van der Waals surface area contributed by atoms with Crippen molar-refractivity contribution < 1.29 is 4.42 Å². The van der Waals surface area contributed by atoms with E-state index in [9.17, 15) is 0 Å². The standard InChI is InChI=1S/C58H36O/c1-3-16-37(17-4-1)39-20-15-21-40(34-39)56-48-26-11-13-28-50(48)57(51-29-14-12-27-49(51)56)41-31-33-53-52(35-41)43-32-30-42(36-54(43)59-53)58-46-24-9-7-22-44(46)55(38-18-5-2-6-19-38)45-23-8-10-25-47(45)58/h1-36H. The Hall–Kier alpha value is -7.74. The molecule has 0 fully saturated rings. The maximum Gasteiger partial charge on any atom is 0.136 e. The molecule has 1 aromatic heterocycles. The molecule has 274 valence electrons. The quantitative estimate of drug-likeness (QED) is 0.160. The van der Waals surface area contributed by atoms with E-state index in [2.05, 4.69) is 218 Å². The van der Waals surface area contributed by atoms with Gasteiger partial charge in [-0.15, -0.1) is 0 Å². The van der Waals surface area contributed by atoms with E-state index in [1.807, 2.05) is 0 Å². The highest BCUT2D eigenvalue weighted by Crippen LogP contribution is 2.47. The summed E-state index contributed by atoms with van der Waals surface area (Å²) in [6.45, 7) is 0. The van der Waals surface area contributed by atoms with Crippen molar-refractivity contribution in [3.63, 3.8) is 0 Å². The van der Waals surface area contributed by atoms with Crippen molar-refractivity contribution >= 4 is 65.0 Å². The summed E-state index contributed by atoms with van der Waals surface area (Å²) in [5.74, 6) is 0. The highest BCUT2D eigenvalue weighted by Gasteiger charge is 2.20. The number of hydrogen-bond acceptors (Lipinski definition) is 1. The van der Waals surface area contributed by atoms with Gasteiger partial charge in [0, 0.05) is 10.8 Å². The van der Waals surface area contributed by atoms with Crippen LogP contribution < -0.4 is 0 Å². The van der Waals surface area contributed by atoms with Crippen molar-refractivity contribution in [2.75, 3.05) is 0 Å². The molecule has 0 saturated heterocycles. The molecule has 0 aliphatic rings. The summed E-state index contributed by atoms with van der Waals surface area (Å²) < 4.78 is 6.72. The van der Waals surface area contributed by atoms with Crippen molar-refractivity contribution in [3.8, 4) is 55.6 Å². The van der Waals surface area contributed by atoms with Crippen molar-refractivity contribution in [3.05, 3.63) is 218 Å². The van der Waals surface area contributed by atoms with Gasteiger partial charge in [-0.05, 0) is 129 Å². The molecule has 0 radical (unpaired) electrons. The smallest absolute Gasteiger partial charge is 0.136 e. The fourth-order valence-corrected chi connectivity index (χ4v) is 9.68. The van der Waals surface area contributed by atoms with E-state index >= 15 is 0 Å². The van der Waals surface area contributed by atoms with E-state index in [0.717, 1.165) is 27.5 Å². The molecule has 1 heterocycles. The summed E-state index contributed by atoms with van der Waals surface area (Å²) in [6, 6.07) is 79.3. The van der Waals surface area contributed by atoms with Gasteiger partial charge in [0.25, 0.3) is 0 Å². The first-order chi connectivity index (χ1) is 29.3. The Bertz CT molecular complexity index is 3480. The number of benzene rings is 11. The van der Waals surface area contributed by atoms with Gasteiger partial charge in [-0.2, -0.15) is 0 Å². The van der Waals surface area contributed by atoms with E-state index < -0.39 is 0 Å². The highest BCUT2D eigenvalue weighted by molar-refractivity contribution is 6.24. The lowest BCUT2D eigenvalue weighted by Gasteiger charge is -2.18. The van der Waals surface area contributed by atoms with E-state index in [1.54, 1.807) is 0 Å².